The third-order valence-corrected chi connectivity index (χ3v) is 8.08. The summed E-state index contributed by atoms with van der Waals surface area (Å²) in [4.78, 5) is 0.314. The molecule has 0 unspecified atom stereocenters. The van der Waals surface area contributed by atoms with E-state index in [0.29, 0.717) is 17.2 Å². The summed E-state index contributed by atoms with van der Waals surface area (Å²) in [6, 6.07) is 24.7. The maximum absolute atomic E-state index is 13.3. The third kappa shape index (κ3) is 3.55. The van der Waals surface area contributed by atoms with E-state index >= 15 is 0 Å². The van der Waals surface area contributed by atoms with E-state index in [1.54, 1.807) is 35.3 Å². The van der Waals surface area contributed by atoms with Crippen molar-refractivity contribution in [2.45, 2.75) is 10.3 Å². The van der Waals surface area contributed by atoms with Crippen LogP contribution in [0.2, 0.25) is 0 Å². The Bertz CT molecular complexity index is 1050. The van der Waals surface area contributed by atoms with Crippen molar-refractivity contribution in [2.24, 2.45) is 0 Å². The van der Waals surface area contributed by atoms with Gasteiger partial charge in [-0.15, -0.1) is 11.8 Å². The van der Waals surface area contributed by atoms with Crippen LogP contribution < -0.4 is 4.74 Å². The van der Waals surface area contributed by atoms with Crippen LogP contribution in [0.4, 0.5) is 0 Å². The van der Waals surface area contributed by atoms with Crippen LogP contribution in [-0.2, 0) is 10.0 Å². The van der Waals surface area contributed by atoms with Crippen molar-refractivity contribution in [2.75, 3.05) is 19.4 Å². The third-order valence-electron chi connectivity index (χ3n) is 4.82. The lowest BCUT2D eigenvalue weighted by Crippen LogP contribution is -2.30. The fourth-order valence-corrected chi connectivity index (χ4v) is 6.66. The molecule has 1 heterocycles. The molecule has 0 aliphatic carbocycles. The number of sulfonamides is 1. The van der Waals surface area contributed by atoms with Gasteiger partial charge in [-0.2, -0.15) is 4.31 Å². The van der Waals surface area contributed by atoms with Gasteiger partial charge in [0.05, 0.1) is 17.4 Å². The van der Waals surface area contributed by atoms with Crippen LogP contribution in [0.5, 0.6) is 5.75 Å². The van der Waals surface area contributed by atoms with Crippen molar-refractivity contribution in [3.8, 4) is 16.9 Å². The minimum absolute atomic E-state index is 0.282. The molecule has 144 valence electrons. The zero-order chi connectivity index (χ0) is 19.6. The maximum atomic E-state index is 13.3. The van der Waals surface area contributed by atoms with Gasteiger partial charge in [0.2, 0.25) is 10.0 Å². The van der Waals surface area contributed by atoms with Crippen molar-refractivity contribution in [1.29, 1.82) is 0 Å². The lowest BCUT2D eigenvalue weighted by molar-refractivity contribution is 0.390. The van der Waals surface area contributed by atoms with Crippen LogP contribution in [0.15, 0.2) is 83.8 Å². The van der Waals surface area contributed by atoms with Crippen LogP contribution in [0.25, 0.3) is 11.1 Å². The Morgan fingerprint density at radius 3 is 2.25 bits per heavy atom. The number of hydrogen-bond donors (Lipinski definition) is 0. The largest absolute Gasteiger partial charge is 0.496 e. The summed E-state index contributed by atoms with van der Waals surface area (Å²) in [6.45, 7) is 0.482. The summed E-state index contributed by atoms with van der Waals surface area (Å²) in [5.74, 6) is 1.46. The summed E-state index contributed by atoms with van der Waals surface area (Å²) in [7, 11) is -1.99. The lowest BCUT2D eigenvalue weighted by Gasteiger charge is -2.25. The van der Waals surface area contributed by atoms with Crippen LogP contribution in [0.3, 0.4) is 0 Å². The molecule has 28 heavy (non-hydrogen) atoms. The van der Waals surface area contributed by atoms with Crippen LogP contribution >= 0.6 is 11.8 Å². The second-order valence-corrected chi connectivity index (χ2v) is 9.55. The molecule has 0 spiro atoms. The van der Waals surface area contributed by atoms with Gasteiger partial charge in [-0.05, 0) is 29.3 Å². The molecule has 3 aromatic rings. The number of rotatable bonds is 5. The average Bonchev–Trinajstić information content (AvgIpc) is 3.25. The molecule has 4 nitrogen and oxygen atoms in total. The zero-order valence-electron chi connectivity index (χ0n) is 15.5. The summed E-state index contributed by atoms with van der Waals surface area (Å²) >= 11 is 1.62. The summed E-state index contributed by atoms with van der Waals surface area (Å²) in [5, 5.41) is -0.282. The van der Waals surface area contributed by atoms with Gasteiger partial charge in [-0.3, -0.25) is 0 Å². The van der Waals surface area contributed by atoms with Gasteiger partial charge in [0.1, 0.15) is 5.75 Å². The zero-order valence-corrected chi connectivity index (χ0v) is 17.1. The van der Waals surface area contributed by atoms with E-state index in [9.17, 15) is 8.42 Å². The number of methoxy groups -OCH3 is 1. The molecule has 1 saturated heterocycles. The maximum Gasteiger partial charge on any atom is 0.244 e. The van der Waals surface area contributed by atoms with Gasteiger partial charge in [0, 0.05) is 17.9 Å². The summed E-state index contributed by atoms with van der Waals surface area (Å²) in [5.41, 5.74) is 2.95. The number of thioether (sulfide) groups is 1. The predicted octanol–water partition coefficient (Wildman–Crippen LogP) is 4.80. The minimum atomic E-state index is -3.60. The first-order valence-electron chi connectivity index (χ1n) is 9.03. The summed E-state index contributed by atoms with van der Waals surface area (Å²) < 4.78 is 33.7. The van der Waals surface area contributed by atoms with E-state index in [1.165, 1.54) is 0 Å². The molecule has 0 saturated carbocycles. The Balaban J connectivity index is 1.66. The number of hydrogen-bond acceptors (Lipinski definition) is 4. The van der Waals surface area contributed by atoms with Crippen LogP contribution in [0, 0.1) is 0 Å². The molecule has 1 aliphatic heterocycles. The molecule has 1 atom stereocenters. The van der Waals surface area contributed by atoms with E-state index in [0.717, 1.165) is 22.4 Å². The molecular weight excluding hydrogens is 390 g/mol. The Kier molecular flexibility index (Phi) is 5.44. The number of para-hydroxylation sites is 1. The van der Waals surface area contributed by atoms with Crippen LogP contribution in [-0.4, -0.2) is 32.1 Å². The molecule has 0 radical (unpaired) electrons. The van der Waals surface area contributed by atoms with Crippen molar-refractivity contribution >= 4 is 21.8 Å². The first-order chi connectivity index (χ1) is 13.6. The monoisotopic (exact) mass is 411 g/mol. The second-order valence-electron chi connectivity index (χ2n) is 6.47. The molecular formula is C22H21NO3S2. The fourth-order valence-electron chi connectivity index (χ4n) is 3.40. The number of ether oxygens (including phenoxy) is 1. The molecule has 1 fully saturated rings. The highest BCUT2D eigenvalue weighted by Gasteiger charge is 2.38. The van der Waals surface area contributed by atoms with Gasteiger partial charge in [0.25, 0.3) is 0 Å². The first-order valence-corrected chi connectivity index (χ1v) is 11.5. The molecule has 6 heteroatoms. The Morgan fingerprint density at radius 1 is 0.893 bits per heavy atom. The van der Waals surface area contributed by atoms with Gasteiger partial charge in [-0.25, -0.2) is 8.42 Å². The predicted molar refractivity (Wildman–Crippen MR) is 114 cm³/mol. The molecule has 4 rings (SSSR count). The van der Waals surface area contributed by atoms with Crippen molar-refractivity contribution < 1.29 is 13.2 Å². The van der Waals surface area contributed by atoms with E-state index in [4.69, 9.17) is 4.74 Å². The highest BCUT2D eigenvalue weighted by molar-refractivity contribution is 8.01. The topological polar surface area (TPSA) is 46.6 Å². The molecule has 3 aromatic carbocycles. The van der Waals surface area contributed by atoms with Gasteiger partial charge in [0.15, 0.2) is 0 Å². The van der Waals surface area contributed by atoms with Gasteiger partial charge >= 0.3 is 0 Å². The first kappa shape index (κ1) is 19.1. The summed E-state index contributed by atoms with van der Waals surface area (Å²) in [6.07, 6.45) is 0. The smallest absolute Gasteiger partial charge is 0.244 e. The fraction of sp³-hybridized carbons (Fsp3) is 0.182. The lowest BCUT2D eigenvalue weighted by atomic mass is 10.1. The van der Waals surface area contributed by atoms with Gasteiger partial charge in [-0.1, -0.05) is 60.7 Å². The van der Waals surface area contributed by atoms with E-state index < -0.39 is 10.0 Å². The second kappa shape index (κ2) is 7.99. The average molecular weight is 412 g/mol. The molecule has 1 aliphatic rings. The van der Waals surface area contributed by atoms with Crippen molar-refractivity contribution in [1.82, 2.24) is 4.31 Å². The van der Waals surface area contributed by atoms with Gasteiger partial charge < -0.3 is 4.74 Å². The molecule has 0 bridgehead atoms. The minimum Gasteiger partial charge on any atom is -0.496 e. The van der Waals surface area contributed by atoms with Crippen LogP contribution in [0.1, 0.15) is 10.9 Å². The molecule has 0 amide bonds. The van der Waals surface area contributed by atoms with Crippen molar-refractivity contribution in [3.05, 3.63) is 84.4 Å². The van der Waals surface area contributed by atoms with E-state index in [-0.39, 0.29) is 5.37 Å². The standard InChI is InChI=1S/C22H21NO3S2/c1-26-21-10-6-5-9-20(21)22-23(15-16-27-22)28(24,25)19-13-11-18(12-14-19)17-7-3-2-4-8-17/h2-14,22H,15-16H2,1H3/t22-/m1/s1. The SMILES string of the molecule is COc1ccccc1[C@H]1SCCN1S(=O)(=O)c1ccc(-c2ccccc2)cc1. The highest BCUT2D eigenvalue weighted by Crippen LogP contribution is 2.44. The Hall–Kier alpha value is -2.28. The Morgan fingerprint density at radius 2 is 1.54 bits per heavy atom. The van der Waals surface area contributed by atoms with Crippen molar-refractivity contribution in [3.63, 3.8) is 0 Å². The van der Waals surface area contributed by atoms with E-state index in [1.807, 2.05) is 66.7 Å². The normalized spacial score (nSPS) is 17.5. The quantitative estimate of drug-likeness (QED) is 0.605. The Labute approximate surface area is 170 Å². The highest BCUT2D eigenvalue weighted by atomic mass is 32.2. The molecule has 0 N–H and O–H groups in total. The molecule has 0 aromatic heterocycles. The van der Waals surface area contributed by atoms with E-state index in [2.05, 4.69) is 0 Å². The number of nitrogens with zero attached hydrogens (tertiary/aromatic N) is 1. The number of benzene rings is 3.